The molecule has 19 heavy (non-hydrogen) atoms. The third kappa shape index (κ3) is 2.88. The number of ether oxygens (including phenoxy) is 1. The summed E-state index contributed by atoms with van der Waals surface area (Å²) < 4.78 is 6.67. The van der Waals surface area contributed by atoms with Crippen LogP contribution in [0.2, 0.25) is 5.02 Å². The standard InChI is InChI=1S/C13H14ClN3O2/c1-17-12(10(14)8-16-17)13(18)15-7-9-5-3-4-6-11(9)19-2/h3-6,8H,7H2,1-2H3,(H,15,18). The predicted molar refractivity (Wildman–Crippen MR) is 72.4 cm³/mol. The molecule has 0 fully saturated rings. The van der Waals surface area contributed by atoms with E-state index in [1.807, 2.05) is 24.3 Å². The number of aryl methyl sites for hydroxylation is 1. The van der Waals surface area contributed by atoms with Crippen LogP contribution in [-0.2, 0) is 13.6 Å². The lowest BCUT2D eigenvalue weighted by Gasteiger charge is -2.09. The molecule has 2 rings (SSSR count). The van der Waals surface area contributed by atoms with Gasteiger partial charge in [-0.2, -0.15) is 5.10 Å². The maximum Gasteiger partial charge on any atom is 0.271 e. The van der Waals surface area contributed by atoms with Gasteiger partial charge in [0.15, 0.2) is 0 Å². The van der Waals surface area contributed by atoms with Crippen molar-refractivity contribution in [1.82, 2.24) is 15.1 Å². The zero-order chi connectivity index (χ0) is 13.8. The number of para-hydroxylation sites is 1. The lowest BCUT2D eigenvalue weighted by Crippen LogP contribution is -2.25. The maximum atomic E-state index is 12.0. The quantitative estimate of drug-likeness (QED) is 0.931. The van der Waals surface area contributed by atoms with Gasteiger partial charge in [0.1, 0.15) is 11.4 Å². The Morgan fingerprint density at radius 3 is 2.84 bits per heavy atom. The Bertz CT molecular complexity index is 576. The number of nitrogens with one attached hydrogen (secondary N) is 1. The maximum absolute atomic E-state index is 12.0. The van der Waals surface area contributed by atoms with Gasteiger partial charge in [-0.15, -0.1) is 0 Å². The fourth-order valence-corrected chi connectivity index (χ4v) is 2.03. The van der Waals surface area contributed by atoms with Crippen LogP contribution in [0, 0.1) is 0 Å². The molecule has 0 radical (unpaired) electrons. The zero-order valence-electron chi connectivity index (χ0n) is 10.7. The minimum atomic E-state index is -0.268. The number of amides is 1. The largest absolute Gasteiger partial charge is 0.496 e. The van der Waals surface area contributed by atoms with Gasteiger partial charge in [-0.1, -0.05) is 29.8 Å². The summed E-state index contributed by atoms with van der Waals surface area (Å²) in [5.74, 6) is 0.467. The van der Waals surface area contributed by atoms with Crippen LogP contribution < -0.4 is 10.1 Å². The van der Waals surface area contributed by atoms with Gasteiger partial charge in [-0.05, 0) is 6.07 Å². The summed E-state index contributed by atoms with van der Waals surface area (Å²) in [5, 5.41) is 7.05. The molecule has 0 aliphatic rings. The molecule has 0 aliphatic heterocycles. The van der Waals surface area contributed by atoms with Crippen LogP contribution in [0.15, 0.2) is 30.5 Å². The number of nitrogens with zero attached hydrogens (tertiary/aromatic N) is 2. The van der Waals surface area contributed by atoms with Crippen molar-refractivity contribution in [3.05, 3.63) is 46.7 Å². The number of benzene rings is 1. The van der Waals surface area contributed by atoms with Crippen LogP contribution in [-0.4, -0.2) is 22.8 Å². The number of rotatable bonds is 4. The first-order valence-electron chi connectivity index (χ1n) is 5.71. The van der Waals surface area contributed by atoms with E-state index in [2.05, 4.69) is 10.4 Å². The summed E-state index contributed by atoms with van der Waals surface area (Å²) in [6.45, 7) is 0.365. The minimum Gasteiger partial charge on any atom is -0.496 e. The van der Waals surface area contributed by atoms with Gasteiger partial charge in [0, 0.05) is 19.2 Å². The lowest BCUT2D eigenvalue weighted by molar-refractivity contribution is 0.0941. The summed E-state index contributed by atoms with van der Waals surface area (Å²) in [5.41, 5.74) is 1.24. The van der Waals surface area contributed by atoms with Gasteiger partial charge < -0.3 is 10.1 Å². The van der Waals surface area contributed by atoms with Crippen LogP contribution in [0.4, 0.5) is 0 Å². The molecule has 1 N–H and O–H groups in total. The number of hydrogen-bond acceptors (Lipinski definition) is 3. The molecule has 1 amide bonds. The highest BCUT2D eigenvalue weighted by atomic mass is 35.5. The van der Waals surface area contributed by atoms with Crippen molar-refractivity contribution in [3.8, 4) is 5.75 Å². The fraction of sp³-hybridized carbons (Fsp3) is 0.231. The van der Waals surface area contributed by atoms with Gasteiger partial charge >= 0.3 is 0 Å². The summed E-state index contributed by atoms with van der Waals surface area (Å²) in [4.78, 5) is 12.0. The van der Waals surface area contributed by atoms with Crippen molar-refractivity contribution in [1.29, 1.82) is 0 Å². The molecule has 0 saturated carbocycles. The average Bonchev–Trinajstić information content (AvgIpc) is 2.76. The minimum absolute atomic E-state index is 0.268. The molecule has 5 nitrogen and oxygen atoms in total. The highest BCUT2D eigenvalue weighted by Crippen LogP contribution is 2.18. The van der Waals surface area contributed by atoms with Gasteiger partial charge in [0.2, 0.25) is 0 Å². The number of halogens is 1. The van der Waals surface area contributed by atoms with Crippen LogP contribution >= 0.6 is 11.6 Å². The molecule has 1 heterocycles. The number of methoxy groups -OCH3 is 1. The first kappa shape index (κ1) is 13.4. The van der Waals surface area contributed by atoms with E-state index < -0.39 is 0 Å². The van der Waals surface area contributed by atoms with E-state index in [0.717, 1.165) is 11.3 Å². The molecule has 2 aromatic rings. The van der Waals surface area contributed by atoms with Crippen molar-refractivity contribution in [2.75, 3.05) is 7.11 Å². The van der Waals surface area contributed by atoms with Crippen molar-refractivity contribution in [2.24, 2.45) is 7.05 Å². The molecular formula is C13H14ClN3O2. The number of carbonyl (C=O) groups is 1. The third-order valence-corrected chi connectivity index (χ3v) is 3.02. The van der Waals surface area contributed by atoms with Crippen LogP contribution in [0.1, 0.15) is 16.1 Å². The second-order valence-electron chi connectivity index (χ2n) is 3.96. The first-order valence-corrected chi connectivity index (χ1v) is 6.09. The zero-order valence-corrected chi connectivity index (χ0v) is 11.4. The van der Waals surface area contributed by atoms with Crippen molar-refractivity contribution < 1.29 is 9.53 Å². The molecule has 1 aromatic carbocycles. The van der Waals surface area contributed by atoms with E-state index in [4.69, 9.17) is 16.3 Å². The Kier molecular flexibility index (Phi) is 4.06. The fourth-order valence-electron chi connectivity index (χ4n) is 1.77. The molecule has 100 valence electrons. The molecule has 1 aromatic heterocycles. The smallest absolute Gasteiger partial charge is 0.271 e. The molecule has 0 bridgehead atoms. The van der Waals surface area contributed by atoms with Crippen molar-refractivity contribution >= 4 is 17.5 Å². The second-order valence-corrected chi connectivity index (χ2v) is 4.37. The van der Waals surface area contributed by atoms with Crippen molar-refractivity contribution in [2.45, 2.75) is 6.54 Å². The van der Waals surface area contributed by atoms with Crippen LogP contribution in [0.5, 0.6) is 5.75 Å². The van der Waals surface area contributed by atoms with Crippen LogP contribution in [0.25, 0.3) is 0 Å². The van der Waals surface area contributed by atoms with E-state index in [-0.39, 0.29) is 5.91 Å². The van der Waals surface area contributed by atoms with E-state index in [9.17, 15) is 4.79 Å². The number of carbonyl (C=O) groups excluding carboxylic acids is 1. The van der Waals surface area contributed by atoms with Gasteiger partial charge in [-0.3, -0.25) is 9.48 Å². The Morgan fingerprint density at radius 1 is 1.47 bits per heavy atom. The highest BCUT2D eigenvalue weighted by Gasteiger charge is 2.15. The molecule has 0 saturated heterocycles. The number of hydrogen-bond donors (Lipinski definition) is 1. The Balaban J connectivity index is 2.09. The molecule has 0 spiro atoms. The van der Waals surface area contributed by atoms with E-state index in [1.165, 1.54) is 10.9 Å². The van der Waals surface area contributed by atoms with Gasteiger partial charge in [-0.25, -0.2) is 0 Å². The van der Waals surface area contributed by atoms with Gasteiger partial charge in [0.25, 0.3) is 5.91 Å². The first-order chi connectivity index (χ1) is 9.13. The van der Waals surface area contributed by atoms with E-state index in [1.54, 1.807) is 14.2 Å². The molecule has 6 heteroatoms. The Hall–Kier alpha value is -2.01. The van der Waals surface area contributed by atoms with Crippen molar-refractivity contribution in [3.63, 3.8) is 0 Å². The van der Waals surface area contributed by atoms with E-state index in [0.29, 0.717) is 17.3 Å². The van der Waals surface area contributed by atoms with Crippen LogP contribution in [0.3, 0.4) is 0 Å². The summed E-state index contributed by atoms with van der Waals surface area (Å²) >= 11 is 5.91. The lowest BCUT2D eigenvalue weighted by atomic mass is 10.2. The summed E-state index contributed by atoms with van der Waals surface area (Å²) in [7, 11) is 3.27. The average molecular weight is 280 g/mol. The van der Waals surface area contributed by atoms with Gasteiger partial charge in [0.05, 0.1) is 18.3 Å². The number of aromatic nitrogens is 2. The summed E-state index contributed by atoms with van der Waals surface area (Å²) in [6, 6.07) is 7.51. The molecule has 0 unspecified atom stereocenters. The monoisotopic (exact) mass is 279 g/mol. The SMILES string of the molecule is COc1ccccc1CNC(=O)c1c(Cl)cnn1C. The Morgan fingerprint density at radius 2 is 2.21 bits per heavy atom. The third-order valence-electron chi connectivity index (χ3n) is 2.74. The highest BCUT2D eigenvalue weighted by molar-refractivity contribution is 6.33. The van der Waals surface area contributed by atoms with E-state index >= 15 is 0 Å². The predicted octanol–water partition coefficient (Wildman–Crippen LogP) is 2.01. The molecule has 0 aliphatic carbocycles. The Labute approximate surface area is 116 Å². The molecular weight excluding hydrogens is 266 g/mol. The normalized spacial score (nSPS) is 10.3. The molecule has 0 atom stereocenters. The second kappa shape index (κ2) is 5.75. The topological polar surface area (TPSA) is 56.1 Å². The summed E-state index contributed by atoms with van der Waals surface area (Å²) in [6.07, 6.45) is 1.44.